The minimum atomic E-state index is -0.684. The minimum absolute atomic E-state index is 0.0870. The summed E-state index contributed by atoms with van der Waals surface area (Å²) >= 11 is 5.84. The molecule has 0 aromatic heterocycles. The van der Waals surface area contributed by atoms with Crippen molar-refractivity contribution in [3.63, 3.8) is 0 Å². The van der Waals surface area contributed by atoms with Gasteiger partial charge in [0, 0.05) is 23.5 Å². The van der Waals surface area contributed by atoms with Crippen molar-refractivity contribution in [1.29, 1.82) is 0 Å². The Balaban J connectivity index is 1.52. The molecule has 0 bridgehead atoms. The maximum absolute atomic E-state index is 12.5. The number of amides is 4. The molecule has 26 heavy (non-hydrogen) atoms. The third-order valence-corrected chi connectivity index (χ3v) is 5.00. The monoisotopic (exact) mass is 378 g/mol. The van der Waals surface area contributed by atoms with Crippen LogP contribution in [-0.4, -0.2) is 42.5 Å². The predicted octanol–water partition coefficient (Wildman–Crippen LogP) is 1.80. The SMILES string of the molecule is CC1CC(NC(=O)CCC2NC(=O)N(c3ccc(Cl)cc3)C2=O)CCN1. The summed E-state index contributed by atoms with van der Waals surface area (Å²) < 4.78 is 0. The van der Waals surface area contributed by atoms with E-state index in [1.54, 1.807) is 24.3 Å². The molecular weight excluding hydrogens is 356 g/mol. The van der Waals surface area contributed by atoms with Crippen molar-refractivity contribution in [3.8, 4) is 0 Å². The highest BCUT2D eigenvalue weighted by Gasteiger charge is 2.39. The molecule has 2 fully saturated rings. The van der Waals surface area contributed by atoms with Gasteiger partial charge in [0.1, 0.15) is 6.04 Å². The van der Waals surface area contributed by atoms with Crippen molar-refractivity contribution in [1.82, 2.24) is 16.0 Å². The highest BCUT2D eigenvalue weighted by molar-refractivity contribution is 6.30. The number of carbonyl (C=O) groups is 3. The fraction of sp³-hybridized carbons (Fsp3) is 0.500. The number of nitrogens with zero attached hydrogens (tertiary/aromatic N) is 1. The molecule has 3 N–H and O–H groups in total. The fourth-order valence-electron chi connectivity index (χ4n) is 3.40. The highest BCUT2D eigenvalue weighted by atomic mass is 35.5. The molecule has 1 aromatic carbocycles. The van der Waals surface area contributed by atoms with Crippen LogP contribution in [0.2, 0.25) is 5.02 Å². The number of benzene rings is 1. The van der Waals surface area contributed by atoms with Gasteiger partial charge >= 0.3 is 6.03 Å². The number of carbonyl (C=O) groups excluding carboxylic acids is 3. The molecule has 4 amide bonds. The summed E-state index contributed by atoms with van der Waals surface area (Å²) in [5.74, 6) is -0.434. The first kappa shape index (κ1) is 18.7. The lowest BCUT2D eigenvalue weighted by Gasteiger charge is -2.28. The number of nitrogens with one attached hydrogen (secondary N) is 3. The van der Waals surface area contributed by atoms with E-state index in [4.69, 9.17) is 11.6 Å². The van der Waals surface area contributed by atoms with E-state index in [0.29, 0.717) is 16.8 Å². The van der Waals surface area contributed by atoms with Crippen molar-refractivity contribution in [3.05, 3.63) is 29.3 Å². The van der Waals surface area contributed by atoms with Crippen LogP contribution >= 0.6 is 11.6 Å². The zero-order valence-electron chi connectivity index (χ0n) is 14.6. The van der Waals surface area contributed by atoms with Crippen LogP contribution in [0.4, 0.5) is 10.5 Å². The van der Waals surface area contributed by atoms with E-state index in [1.165, 1.54) is 0 Å². The molecule has 140 valence electrons. The number of anilines is 1. The lowest BCUT2D eigenvalue weighted by atomic mass is 10.0. The van der Waals surface area contributed by atoms with Crippen LogP contribution in [0.3, 0.4) is 0 Å². The Bertz CT molecular complexity index is 694. The normalized spacial score (nSPS) is 25.9. The van der Waals surface area contributed by atoms with Gasteiger partial charge in [-0.2, -0.15) is 0 Å². The number of urea groups is 1. The lowest BCUT2D eigenvalue weighted by molar-refractivity contribution is -0.122. The number of hydrogen-bond donors (Lipinski definition) is 3. The largest absolute Gasteiger partial charge is 0.353 e. The van der Waals surface area contributed by atoms with Gasteiger partial charge < -0.3 is 16.0 Å². The summed E-state index contributed by atoms with van der Waals surface area (Å²) in [5.41, 5.74) is 0.465. The summed E-state index contributed by atoms with van der Waals surface area (Å²) in [5, 5.41) is 9.53. The molecule has 8 heteroatoms. The molecule has 0 spiro atoms. The maximum Gasteiger partial charge on any atom is 0.329 e. The molecule has 3 rings (SSSR count). The van der Waals surface area contributed by atoms with Crippen LogP contribution in [0.1, 0.15) is 32.6 Å². The average molecular weight is 379 g/mol. The maximum atomic E-state index is 12.5. The molecule has 1 aromatic rings. The van der Waals surface area contributed by atoms with Crippen LogP contribution in [-0.2, 0) is 9.59 Å². The molecule has 7 nitrogen and oxygen atoms in total. The quantitative estimate of drug-likeness (QED) is 0.681. The summed E-state index contributed by atoms with van der Waals surface area (Å²) in [6.45, 7) is 2.98. The molecule has 0 radical (unpaired) electrons. The summed E-state index contributed by atoms with van der Waals surface area (Å²) in [4.78, 5) is 37.9. The summed E-state index contributed by atoms with van der Waals surface area (Å²) in [6, 6.07) is 5.87. The van der Waals surface area contributed by atoms with Gasteiger partial charge in [0.25, 0.3) is 5.91 Å². The number of hydrogen-bond acceptors (Lipinski definition) is 4. The van der Waals surface area contributed by atoms with E-state index in [-0.39, 0.29) is 30.7 Å². The second kappa shape index (κ2) is 8.05. The summed E-state index contributed by atoms with van der Waals surface area (Å²) in [7, 11) is 0. The second-order valence-corrected chi connectivity index (χ2v) is 7.27. The third kappa shape index (κ3) is 4.34. The molecular formula is C18H23ClN4O3. The minimum Gasteiger partial charge on any atom is -0.353 e. The van der Waals surface area contributed by atoms with Crippen LogP contribution in [0.25, 0.3) is 0 Å². The molecule has 0 saturated carbocycles. The van der Waals surface area contributed by atoms with Crippen molar-refractivity contribution >= 4 is 35.1 Å². The van der Waals surface area contributed by atoms with Gasteiger partial charge in [-0.25, -0.2) is 9.69 Å². The van der Waals surface area contributed by atoms with Crippen LogP contribution in [0.5, 0.6) is 0 Å². The van der Waals surface area contributed by atoms with Crippen LogP contribution in [0, 0.1) is 0 Å². The molecule has 3 unspecified atom stereocenters. The Labute approximate surface area is 157 Å². The van der Waals surface area contributed by atoms with Crippen molar-refractivity contribution in [2.45, 2.75) is 50.7 Å². The second-order valence-electron chi connectivity index (χ2n) is 6.83. The number of halogens is 1. The smallest absolute Gasteiger partial charge is 0.329 e. The van der Waals surface area contributed by atoms with Gasteiger partial charge in [-0.05, 0) is 57.0 Å². The van der Waals surface area contributed by atoms with Gasteiger partial charge in [-0.3, -0.25) is 9.59 Å². The van der Waals surface area contributed by atoms with Crippen LogP contribution < -0.4 is 20.9 Å². The van der Waals surface area contributed by atoms with E-state index >= 15 is 0 Å². The average Bonchev–Trinajstić information content (AvgIpc) is 2.88. The molecule has 3 atom stereocenters. The van der Waals surface area contributed by atoms with E-state index < -0.39 is 12.1 Å². The van der Waals surface area contributed by atoms with Crippen molar-refractivity contribution in [2.24, 2.45) is 0 Å². The molecule has 2 aliphatic heterocycles. The molecule has 2 heterocycles. The standard InChI is InChI=1S/C18H23ClN4O3/c1-11-10-13(8-9-20-11)21-16(24)7-6-15-17(25)23(18(26)22-15)14-4-2-12(19)3-5-14/h2-5,11,13,15,20H,6-10H2,1H3,(H,21,24)(H,22,26). The van der Waals surface area contributed by atoms with Crippen LogP contribution in [0.15, 0.2) is 24.3 Å². The van der Waals surface area contributed by atoms with Crippen molar-refractivity contribution in [2.75, 3.05) is 11.4 Å². The Hall–Kier alpha value is -2.12. The van der Waals surface area contributed by atoms with E-state index in [9.17, 15) is 14.4 Å². The lowest BCUT2D eigenvalue weighted by Crippen LogP contribution is -2.46. The van der Waals surface area contributed by atoms with Gasteiger partial charge in [0.15, 0.2) is 0 Å². The van der Waals surface area contributed by atoms with Gasteiger partial charge in [0.2, 0.25) is 5.91 Å². The van der Waals surface area contributed by atoms with E-state index in [2.05, 4.69) is 22.9 Å². The third-order valence-electron chi connectivity index (χ3n) is 4.75. The highest BCUT2D eigenvalue weighted by Crippen LogP contribution is 2.23. The molecule has 0 aliphatic carbocycles. The fourth-order valence-corrected chi connectivity index (χ4v) is 3.53. The topological polar surface area (TPSA) is 90.5 Å². The molecule has 2 saturated heterocycles. The Morgan fingerprint density at radius 1 is 1.31 bits per heavy atom. The van der Waals surface area contributed by atoms with E-state index in [0.717, 1.165) is 24.3 Å². The van der Waals surface area contributed by atoms with Crippen molar-refractivity contribution < 1.29 is 14.4 Å². The number of piperidine rings is 1. The van der Waals surface area contributed by atoms with Gasteiger partial charge in [-0.1, -0.05) is 11.6 Å². The Kier molecular flexibility index (Phi) is 5.78. The number of imide groups is 1. The summed E-state index contributed by atoms with van der Waals surface area (Å²) in [6.07, 6.45) is 2.28. The van der Waals surface area contributed by atoms with Gasteiger partial charge in [0.05, 0.1) is 5.69 Å². The zero-order chi connectivity index (χ0) is 18.7. The zero-order valence-corrected chi connectivity index (χ0v) is 15.4. The Morgan fingerprint density at radius 3 is 2.73 bits per heavy atom. The first-order chi connectivity index (χ1) is 12.4. The predicted molar refractivity (Wildman–Crippen MR) is 99.1 cm³/mol. The van der Waals surface area contributed by atoms with E-state index in [1.807, 2.05) is 0 Å². The Morgan fingerprint density at radius 2 is 2.04 bits per heavy atom. The molecule has 2 aliphatic rings. The number of rotatable bonds is 5. The first-order valence-electron chi connectivity index (χ1n) is 8.87. The van der Waals surface area contributed by atoms with Gasteiger partial charge in [-0.15, -0.1) is 0 Å². The first-order valence-corrected chi connectivity index (χ1v) is 9.24.